The van der Waals surface area contributed by atoms with Gasteiger partial charge in [0.25, 0.3) is 5.91 Å². The second-order valence-corrected chi connectivity index (χ2v) is 9.11. The van der Waals surface area contributed by atoms with E-state index in [4.69, 9.17) is 11.6 Å². The molecule has 1 aliphatic rings. The molecule has 0 saturated carbocycles. The van der Waals surface area contributed by atoms with Gasteiger partial charge in [0.2, 0.25) is 5.91 Å². The van der Waals surface area contributed by atoms with Crippen molar-refractivity contribution >= 4 is 34.4 Å². The highest BCUT2D eigenvalue weighted by Gasteiger charge is 2.48. The van der Waals surface area contributed by atoms with Crippen molar-refractivity contribution in [3.05, 3.63) is 64.9 Å². The van der Waals surface area contributed by atoms with Gasteiger partial charge < -0.3 is 14.8 Å². The number of aromatic nitrogens is 2. The van der Waals surface area contributed by atoms with Gasteiger partial charge in [-0.25, -0.2) is 4.98 Å². The second-order valence-electron chi connectivity index (χ2n) is 8.71. The Bertz CT molecular complexity index is 1140. The highest BCUT2D eigenvalue weighted by molar-refractivity contribution is 6.31. The van der Waals surface area contributed by atoms with E-state index in [1.54, 1.807) is 11.0 Å². The highest BCUT2D eigenvalue weighted by Crippen LogP contribution is 2.33. The maximum absolute atomic E-state index is 13.6. The van der Waals surface area contributed by atoms with E-state index in [9.17, 15) is 9.59 Å². The first-order chi connectivity index (χ1) is 14.8. The number of carbonyl (C=O) groups excluding carboxylic acids is 2. The molecule has 2 aromatic carbocycles. The van der Waals surface area contributed by atoms with Gasteiger partial charge in [-0.2, -0.15) is 0 Å². The molecule has 6 nitrogen and oxygen atoms in total. The summed E-state index contributed by atoms with van der Waals surface area (Å²) in [4.78, 5) is 33.2. The largest absolute Gasteiger partial charge is 0.354 e. The number of hydrogen-bond donors (Lipinski definition) is 1. The average molecular weight is 439 g/mol. The predicted molar refractivity (Wildman–Crippen MR) is 122 cm³/mol. The van der Waals surface area contributed by atoms with Crippen LogP contribution in [0.3, 0.4) is 0 Å². The Morgan fingerprint density at radius 3 is 2.65 bits per heavy atom. The van der Waals surface area contributed by atoms with E-state index in [2.05, 4.69) is 24.1 Å². The van der Waals surface area contributed by atoms with E-state index in [1.807, 2.05) is 54.0 Å². The molecule has 1 aliphatic heterocycles. The van der Waals surface area contributed by atoms with Gasteiger partial charge >= 0.3 is 0 Å². The highest BCUT2D eigenvalue weighted by atomic mass is 35.5. The minimum absolute atomic E-state index is 0.169. The van der Waals surface area contributed by atoms with E-state index in [1.165, 1.54) is 0 Å². The number of rotatable bonds is 6. The number of nitrogens with one attached hydrogen (secondary N) is 1. The fourth-order valence-corrected chi connectivity index (χ4v) is 4.23. The molecule has 0 aliphatic carbocycles. The monoisotopic (exact) mass is 438 g/mol. The van der Waals surface area contributed by atoms with Crippen molar-refractivity contribution in [3.8, 4) is 0 Å². The first-order valence-electron chi connectivity index (χ1n) is 10.6. The summed E-state index contributed by atoms with van der Waals surface area (Å²) >= 11 is 6.39. The molecule has 2 heterocycles. The van der Waals surface area contributed by atoms with Crippen LogP contribution >= 0.6 is 11.6 Å². The lowest BCUT2D eigenvalue weighted by Gasteiger charge is -2.43. The minimum atomic E-state index is -1.08. The van der Waals surface area contributed by atoms with Gasteiger partial charge in [-0.1, -0.05) is 55.8 Å². The van der Waals surface area contributed by atoms with Gasteiger partial charge in [0, 0.05) is 18.1 Å². The van der Waals surface area contributed by atoms with Crippen LogP contribution in [-0.4, -0.2) is 38.3 Å². The van der Waals surface area contributed by atoms with Crippen LogP contribution in [0, 0.1) is 5.92 Å². The number of imidazole rings is 1. The van der Waals surface area contributed by atoms with Crippen molar-refractivity contribution in [2.75, 3.05) is 6.54 Å². The summed E-state index contributed by atoms with van der Waals surface area (Å²) < 4.78 is 1.86. The summed E-state index contributed by atoms with van der Waals surface area (Å²) in [6.45, 7) is 7.18. The van der Waals surface area contributed by atoms with Crippen LogP contribution in [0.2, 0.25) is 5.02 Å². The molecule has 2 amide bonds. The van der Waals surface area contributed by atoms with Crippen LogP contribution in [0.1, 0.15) is 43.4 Å². The molecule has 31 heavy (non-hydrogen) atoms. The molecule has 3 aromatic rings. The van der Waals surface area contributed by atoms with Crippen LogP contribution in [0.5, 0.6) is 0 Å². The van der Waals surface area contributed by atoms with Gasteiger partial charge in [-0.3, -0.25) is 9.59 Å². The number of para-hydroxylation sites is 2. The number of benzene rings is 2. The third-order valence-electron chi connectivity index (χ3n) is 5.94. The Balaban J connectivity index is 1.76. The second kappa shape index (κ2) is 8.35. The van der Waals surface area contributed by atoms with Gasteiger partial charge in [0.15, 0.2) is 5.82 Å². The van der Waals surface area contributed by atoms with Gasteiger partial charge in [0.05, 0.1) is 17.6 Å². The molecule has 0 fully saturated rings. The smallest absolute Gasteiger partial charge is 0.291 e. The van der Waals surface area contributed by atoms with E-state index in [0.717, 1.165) is 23.0 Å². The zero-order valence-corrected chi connectivity index (χ0v) is 18.8. The van der Waals surface area contributed by atoms with Crippen LogP contribution in [0.25, 0.3) is 11.0 Å². The molecule has 0 spiro atoms. The molecular weight excluding hydrogens is 412 g/mol. The topological polar surface area (TPSA) is 67.2 Å². The lowest BCUT2D eigenvalue weighted by atomic mass is 9.94. The molecule has 0 bridgehead atoms. The van der Waals surface area contributed by atoms with Gasteiger partial charge in [0.1, 0.15) is 5.54 Å². The summed E-state index contributed by atoms with van der Waals surface area (Å²) in [6, 6.07) is 15.0. The molecule has 162 valence electrons. The summed E-state index contributed by atoms with van der Waals surface area (Å²) in [6.07, 6.45) is 0.875. The number of hydrogen-bond acceptors (Lipinski definition) is 3. The number of halogens is 1. The summed E-state index contributed by atoms with van der Waals surface area (Å²) in [7, 11) is 0. The van der Waals surface area contributed by atoms with Crippen LogP contribution in [-0.2, 0) is 17.9 Å². The van der Waals surface area contributed by atoms with Crippen molar-refractivity contribution < 1.29 is 9.59 Å². The van der Waals surface area contributed by atoms with E-state index < -0.39 is 5.54 Å². The molecule has 7 heteroatoms. The number of carbonyl (C=O) groups is 2. The zero-order chi connectivity index (χ0) is 22.2. The number of amides is 2. The van der Waals surface area contributed by atoms with Gasteiger partial charge in [-0.05, 0) is 43.0 Å². The average Bonchev–Trinajstić information content (AvgIpc) is 3.10. The summed E-state index contributed by atoms with van der Waals surface area (Å²) in [5.74, 6) is 0.381. The zero-order valence-electron chi connectivity index (χ0n) is 18.1. The van der Waals surface area contributed by atoms with Crippen LogP contribution in [0.4, 0.5) is 0 Å². The molecule has 1 aromatic heterocycles. The standard InChI is InChI=1S/C24H27ClN4O2/c1-16(2)12-13-26-23(31)24(3)15-28-20-11-7-6-10-19(20)27-21(28)22(30)29(24)14-17-8-4-5-9-18(17)25/h4-11,16H,12-15H2,1-3H3,(H,26,31)/t24-/m1/s1. The predicted octanol–water partition coefficient (Wildman–Crippen LogP) is 4.27. The molecule has 1 atom stereocenters. The SMILES string of the molecule is CC(C)CCNC(=O)[C@@]1(C)Cn2c(nc3ccccc32)C(=O)N1Cc1ccccc1Cl. The van der Waals surface area contributed by atoms with Crippen molar-refractivity contribution in [2.24, 2.45) is 5.92 Å². The third-order valence-corrected chi connectivity index (χ3v) is 6.30. The lowest BCUT2D eigenvalue weighted by Crippen LogP contribution is -2.63. The van der Waals surface area contributed by atoms with E-state index in [-0.39, 0.29) is 18.4 Å². The Morgan fingerprint density at radius 2 is 1.90 bits per heavy atom. The molecule has 0 radical (unpaired) electrons. The first-order valence-corrected chi connectivity index (χ1v) is 11.0. The lowest BCUT2D eigenvalue weighted by molar-refractivity contribution is -0.133. The van der Waals surface area contributed by atoms with Crippen LogP contribution < -0.4 is 5.32 Å². The van der Waals surface area contributed by atoms with E-state index >= 15 is 0 Å². The Labute approximate surface area is 187 Å². The molecule has 4 rings (SSSR count). The van der Waals surface area contributed by atoms with Gasteiger partial charge in [-0.15, -0.1) is 0 Å². The fraction of sp³-hybridized carbons (Fsp3) is 0.375. The van der Waals surface area contributed by atoms with Crippen molar-refractivity contribution in [1.82, 2.24) is 19.8 Å². The molecule has 0 saturated heterocycles. The quantitative estimate of drug-likeness (QED) is 0.625. The van der Waals surface area contributed by atoms with E-state index in [0.29, 0.717) is 29.9 Å². The maximum Gasteiger partial charge on any atom is 0.291 e. The minimum Gasteiger partial charge on any atom is -0.354 e. The summed E-state index contributed by atoms with van der Waals surface area (Å²) in [5, 5.41) is 3.61. The Morgan fingerprint density at radius 1 is 1.19 bits per heavy atom. The summed E-state index contributed by atoms with van der Waals surface area (Å²) in [5.41, 5.74) is 1.31. The number of nitrogens with zero attached hydrogens (tertiary/aromatic N) is 3. The molecule has 0 unspecified atom stereocenters. The van der Waals surface area contributed by atoms with Crippen molar-refractivity contribution in [1.29, 1.82) is 0 Å². The fourth-order valence-electron chi connectivity index (χ4n) is 4.04. The van der Waals surface area contributed by atoms with Crippen molar-refractivity contribution in [3.63, 3.8) is 0 Å². The third kappa shape index (κ3) is 3.92. The normalized spacial score (nSPS) is 18.5. The van der Waals surface area contributed by atoms with Crippen LogP contribution in [0.15, 0.2) is 48.5 Å². The Kier molecular flexibility index (Phi) is 5.75. The molecular formula is C24H27ClN4O2. The maximum atomic E-state index is 13.6. The van der Waals surface area contributed by atoms with Crippen molar-refractivity contribution in [2.45, 2.75) is 45.8 Å². The molecule has 1 N–H and O–H groups in total. The Hall–Kier alpha value is -2.86. The first kappa shape index (κ1) is 21.4. The number of fused-ring (bicyclic) bond motifs is 3.